The highest BCUT2D eigenvalue weighted by atomic mass is 32.2. The lowest BCUT2D eigenvalue weighted by Crippen LogP contribution is -2.33. The lowest BCUT2D eigenvalue weighted by atomic mass is 10.1. The van der Waals surface area contributed by atoms with Crippen molar-refractivity contribution in [1.29, 1.82) is 0 Å². The van der Waals surface area contributed by atoms with Crippen LogP contribution in [0.1, 0.15) is 30.6 Å². The molecule has 0 aromatic heterocycles. The number of hydrogen-bond acceptors (Lipinski definition) is 4. The van der Waals surface area contributed by atoms with Gasteiger partial charge in [0, 0.05) is 30.1 Å². The van der Waals surface area contributed by atoms with Crippen molar-refractivity contribution in [2.75, 3.05) is 30.3 Å². The maximum atomic E-state index is 13.2. The van der Waals surface area contributed by atoms with E-state index in [1.807, 2.05) is 38.1 Å². The van der Waals surface area contributed by atoms with Crippen LogP contribution >= 0.6 is 11.8 Å². The van der Waals surface area contributed by atoms with E-state index < -0.39 is 10.0 Å². The van der Waals surface area contributed by atoms with Crippen LogP contribution in [0.2, 0.25) is 0 Å². The number of anilines is 1. The predicted molar refractivity (Wildman–Crippen MR) is 110 cm³/mol. The van der Waals surface area contributed by atoms with Crippen molar-refractivity contribution in [3.8, 4) is 0 Å². The van der Waals surface area contributed by atoms with E-state index in [0.29, 0.717) is 25.2 Å². The molecule has 0 saturated heterocycles. The molecule has 0 atom stereocenters. The summed E-state index contributed by atoms with van der Waals surface area (Å²) in [7, 11) is -3.60. The van der Waals surface area contributed by atoms with Gasteiger partial charge in [0.05, 0.1) is 10.6 Å². The zero-order chi connectivity index (χ0) is 19.4. The Morgan fingerprint density at radius 1 is 1.11 bits per heavy atom. The van der Waals surface area contributed by atoms with E-state index >= 15 is 0 Å². The fourth-order valence-corrected chi connectivity index (χ4v) is 5.70. The molecule has 1 amide bonds. The summed E-state index contributed by atoms with van der Waals surface area (Å²) < 4.78 is 27.0. The minimum atomic E-state index is -3.60. The van der Waals surface area contributed by atoms with Gasteiger partial charge in [-0.2, -0.15) is 4.31 Å². The smallest absolute Gasteiger partial charge is 0.258 e. The minimum absolute atomic E-state index is 0.162. The van der Waals surface area contributed by atoms with Gasteiger partial charge in [-0.3, -0.25) is 4.79 Å². The Morgan fingerprint density at radius 2 is 1.85 bits per heavy atom. The van der Waals surface area contributed by atoms with Crippen LogP contribution in [0.4, 0.5) is 5.69 Å². The molecule has 5 nitrogen and oxygen atoms in total. The van der Waals surface area contributed by atoms with Crippen LogP contribution in [0.25, 0.3) is 0 Å². The van der Waals surface area contributed by atoms with E-state index in [0.717, 1.165) is 22.8 Å². The summed E-state index contributed by atoms with van der Waals surface area (Å²) in [6.07, 6.45) is 0.891. The molecule has 1 aliphatic heterocycles. The number of benzene rings is 2. The van der Waals surface area contributed by atoms with E-state index in [1.54, 1.807) is 34.9 Å². The van der Waals surface area contributed by atoms with E-state index in [4.69, 9.17) is 0 Å². The summed E-state index contributed by atoms with van der Waals surface area (Å²) in [4.78, 5) is 16.2. The zero-order valence-corrected chi connectivity index (χ0v) is 17.2. The van der Waals surface area contributed by atoms with Gasteiger partial charge in [-0.25, -0.2) is 8.42 Å². The minimum Gasteiger partial charge on any atom is -0.307 e. The summed E-state index contributed by atoms with van der Waals surface area (Å²) in [6, 6.07) is 14.2. The molecule has 0 N–H and O–H groups in total. The van der Waals surface area contributed by atoms with Gasteiger partial charge in [0.2, 0.25) is 10.0 Å². The number of nitrogens with zero attached hydrogens (tertiary/aromatic N) is 2. The maximum Gasteiger partial charge on any atom is 0.258 e. The van der Waals surface area contributed by atoms with Crippen LogP contribution in [0.3, 0.4) is 0 Å². The lowest BCUT2D eigenvalue weighted by molar-refractivity contribution is 0.0986. The summed E-state index contributed by atoms with van der Waals surface area (Å²) in [5, 5.41) is 0. The normalized spacial score (nSPS) is 14.7. The SMILES string of the molecule is CCN(CC)S(=O)(=O)c1cccc(C(=O)N2CCCSc3ccccc32)c1. The van der Waals surface area contributed by atoms with E-state index in [9.17, 15) is 13.2 Å². The van der Waals surface area contributed by atoms with Crippen LogP contribution in [-0.2, 0) is 10.0 Å². The first-order chi connectivity index (χ1) is 13.0. The van der Waals surface area contributed by atoms with Crippen molar-refractivity contribution in [3.05, 3.63) is 54.1 Å². The average molecular weight is 405 g/mol. The molecule has 27 heavy (non-hydrogen) atoms. The van der Waals surface area contributed by atoms with E-state index in [2.05, 4.69) is 0 Å². The first-order valence-corrected chi connectivity index (χ1v) is 11.6. The third-order valence-corrected chi connectivity index (χ3v) is 7.80. The van der Waals surface area contributed by atoms with Gasteiger partial charge < -0.3 is 4.90 Å². The highest BCUT2D eigenvalue weighted by Crippen LogP contribution is 2.34. The molecule has 0 bridgehead atoms. The average Bonchev–Trinajstić information content (AvgIpc) is 2.91. The Morgan fingerprint density at radius 3 is 2.59 bits per heavy atom. The number of carbonyl (C=O) groups excluding carboxylic acids is 1. The van der Waals surface area contributed by atoms with Crippen molar-refractivity contribution in [2.24, 2.45) is 0 Å². The summed E-state index contributed by atoms with van der Waals surface area (Å²) >= 11 is 1.75. The van der Waals surface area contributed by atoms with Crippen molar-refractivity contribution in [2.45, 2.75) is 30.1 Å². The molecular weight excluding hydrogens is 380 g/mol. The number of amides is 1. The molecule has 2 aromatic carbocycles. The molecule has 0 saturated carbocycles. The highest BCUT2D eigenvalue weighted by Gasteiger charge is 2.26. The molecular formula is C20H24N2O3S2. The van der Waals surface area contributed by atoms with Gasteiger partial charge in [-0.1, -0.05) is 32.0 Å². The van der Waals surface area contributed by atoms with Crippen molar-refractivity contribution in [1.82, 2.24) is 4.31 Å². The number of hydrogen-bond donors (Lipinski definition) is 0. The molecule has 0 aliphatic carbocycles. The predicted octanol–water partition coefficient (Wildman–Crippen LogP) is 3.86. The van der Waals surface area contributed by atoms with E-state index in [1.165, 1.54) is 10.4 Å². The van der Waals surface area contributed by atoms with Gasteiger partial charge in [0.25, 0.3) is 5.91 Å². The van der Waals surface area contributed by atoms with Gasteiger partial charge in [0.15, 0.2) is 0 Å². The molecule has 0 fully saturated rings. The Labute approximate surface area is 165 Å². The third kappa shape index (κ3) is 4.05. The van der Waals surface area contributed by atoms with Crippen LogP contribution in [0.15, 0.2) is 58.3 Å². The van der Waals surface area contributed by atoms with Gasteiger partial charge in [-0.15, -0.1) is 11.8 Å². The molecule has 0 unspecified atom stereocenters. The van der Waals surface area contributed by atoms with Crippen molar-refractivity contribution >= 4 is 33.4 Å². The Balaban J connectivity index is 1.97. The number of fused-ring (bicyclic) bond motifs is 1. The van der Waals surface area contributed by atoms with Crippen molar-refractivity contribution < 1.29 is 13.2 Å². The first kappa shape index (κ1) is 19.9. The summed E-state index contributed by atoms with van der Waals surface area (Å²) in [5.41, 5.74) is 1.28. The first-order valence-electron chi connectivity index (χ1n) is 9.13. The number of thioether (sulfide) groups is 1. The molecule has 0 spiro atoms. The molecule has 7 heteroatoms. The largest absolute Gasteiger partial charge is 0.307 e. The second kappa shape index (κ2) is 8.46. The number of rotatable bonds is 5. The monoisotopic (exact) mass is 404 g/mol. The van der Waals surface area contributed by atoms with Crippen molar-refractivity contribution in [3.63, 3.8) is 0 Å². The zero-order valence-electron chi connectivity index (χ0n) is 15.6. The molecule has 1 aliphatic rings. The second-order valence-corrected chi connectivity index (χ2v) is 9.32. The van der Waals surface area contributed by atoms with E-state index in [-0.39, 0.29) is 10.8 Å². The molecule has 3 rings (SSSR count). The molecule has 0 radical (unpaired) electrons. The van der Waals surface area contributed by atoms with Crippen LogP contribution in [-0.4, -0.2) is 44.0 Å². The Kier molecular flexibility index (Phi) is 6.24. The standard InChI is InChI=1S/C20H24N2O3S2/c1-3-21(4-2)27(24,25)17-10-7-9-16(15-17)20(23)22-13-8-14-26-19-12-6-5-11-18(19)22/h5-7,9-12,15H,3-4,8,13-14H2,1-2H3. The molecule has 144 valence electrons. The van der Waals surface area contributed by atoms with Gasteiger partial charge >= 0.3 is 0 Å². The summed E-state index contributed by atoms with van der Waals surface area (Å²) in [6.45, 7) is 5.03. The molecule has 2 aromatic rings. The molecule has 1 heterocycles. The topological polar surface area (TPSA) is 57.7 Å². The van der Waals surface area contributed by atoms with Crippen LogP contribution in [0.5, 0.6) is 0 Å². The quantitative estimate of drug-likeness (QED) is 0.759. The maximum absolute atomic E-state index is 13.2. The van der Waals surface area contributed by atoms with Crippen LogP contribution < -0.4 is 4.90 Å². The number of para-hydroxylation sites is 1. The summed E-state index contributed by atoms with van der Waals surface area (Å²) in [5.74, 6) is 0.790. The van der Waals surface area contributed by atoms with Gasteiger partial charge in [0.1, 0.15) is 0 Å². The fourth-order valence-electron chi connectivity index (χ4n) is 3.20. The van der Waals surface area contributed by atoms with Gasteiger partial charge in [-0.05, 0) is 42.5 Å². The number of sulfonamides is 1. The Bertz CT molecular complexity index is 924. The third-order valence-electron chi connectivity index (χ3n) is 4.61. The highest BCUT2D eigenvalue weighted by molar-refractivity contribution is 7.99. The fraction of sp³-hybridized carbons (Fsp3) is 0.350. The lowest BCUT2D eigenvalue weighted by Gasteiger charge is -2.23. The second-order valence-electron chi connectivity index (χ2n) is 6.24. The Hall–Kier alpha value is -1.83. The van der Waals surface area contributed by atoms with Crippen LogP contribution in [0, 0.1) is 0 Å². The number of carbonyl (C=O) groups is 1.